The molecule has 202 valence electrons. The third-order valence-corrected chi connectivity index (χ3v) is 6.18. The number of imidazole rings is 1. The summed E-state index contributed by atoms with van der Waals surface area (Å²) in [7, 11) is 0. The van der Waals surface area contributed by atoms with Gasteiger partial charge in [0.25, 0.3) is 0 Å². The number of amides is 1. The molecular weight excluding hydrogens is 505 g/mol. The summed E-state index contributed by atoms with van der Waals surface area (Å²) in [6, 6.07) is 17.0. The molecule has 10 nitrogen and oxygen atoms in total. The van der Waals surface area contributed by atoms with Gasteiger partial charge in [0.05, 0.1) is 35.7 Å². The molecule has 0 atom stereocenters. The van der Waals surface area contributed by atoms with E-state index in [2.05, 4.69) is 20.3 Å². The quantitative estimate of drug-likeness (QED) is 0.275. The van der Waals surface area contributed by atoms with Crippen molar-refractivity contribution in [1.29, 1.82) is 0 Å². The van der Waals surface area contributed by atoms with Crippen LogP contribution in [0, 0.1) is 11.2 Å². The van der Waals surface area contributed by atoms with Crippen LogP contribution in [0.4, 0.5) is 4.39 Å². The lowest BCUT2D eigenvalue weighted by Crippen LogP contribution is -2.48. The third-order valence-electron chi connectivity index (χ3n) is 6.18. The van der Waals surface area contributed by atoms with Crippen molar-refractivity contribution < 1.29 is 28.5 Å². The van der Waals surface area contributed by atoms with Gasteiger partial charge in [0.1, 0.15) is 11.6 Å². The van der Waals surface area contributed by atoms with Crippen LogP contribution >= 0.6 is 0 Å². The predicted molar refractivity (Wildman–Crippen MR) is 139 cm³/mol. The topological polar surface area (TPSA) is 131 Å². The van der Waals surface area contributed by atoms with Gasteiger partial charge in [0.2, 0.25) is 12.2 Å². The maximum Gasteiger partial charge on any atom is 0.322 e. The molecule has 0 spiro atoms. The van der Waals surface area contributed by atoms with E-state index in [9.17, 15) is 9.18 Å². The Bertz CT molecular complexity index is 1410. The van der Waals surface area contributed by atoms with Gasteiger partial charge in [-0.3, -0.25) is 4.79 Å². The van der Waals surface area contributed by atoms with Crippen LogP contribution in [-0.2, 0) is 14.3 Å². The van der Waals surface area contributed by atoms with Crippen molar-refractivity contribution in [2.24, 2.45) is 5.41 Å². The Morgan fingerprint density at radius 3 is 2.59 bits per heavy atom. The summed E-state index contributed by atoms with van der Waals surface area (Å²) >= 11 is 0. The smallest absolute Gasteiger partial charge is 0.322 e. The van der Waals surface area contributed by atoms with Crippen molar-refractivity contribution in [2.75, 3.05) is 26.4 Å². The molecule has 1 aliphatic heterocycles. The number of nitrogens with one attached hydrogen (secondary N) is 2. The standard InChI is InChI=1S/C28H28FN5O5/c1-28(26(36)30-13-5-15-35)16-37-25(38-17-28)24-33-22(18-8-10-19(29)11-9-18)23(34-24)21-12-14-31-27(32-21)39-20-6-3-2-4-7-20/h2-4,6-12,14,25,35H,5,13,15-17H2,1H3,(H,30,36)(H,33,34). The molecule has 0 aliphatic carbocycles. The minimum absolute atomic E-state index is 0.00447. The molecular formula is C28H28FN5O5. The number of halogens is 1. The number of benzene rings is 2. The molecule has 4 aromatic rings. The first kappa shape index (κ1) is 26.4. The Kier molecular flexibility index (Phi) is 7.92. The summed E-state index contributed by atoms with van der Waals surface area (Å²) in [6.07, 6.45) is 1.18. The first-order valence-electron chi connectivity index (χ1n) is 12.5. The lowest BCUT2D eigenvalue weighted by molar-refractivity contribution is -0.231. The molecule has 1 amide bonds. The molecule has 0 saturated carbocycles. The van der Waals surface area contributed by atoms with Gasteiger partial charge in [-0.2, -0.15) is 4.98 Å². The second kappa shape index (κ2) is 11.7. The van der Waals surface area contributed by atoms with Gasteiger partial charge < -0.3 is 29.6 Å². The second-order valence-corrected chi connectivity index (χ2v) is 9.34. The van der Waals surface area contributed by atoms with Crippen LogP contribution in [0.2, 0.25) is 0 Å². The number of carbonyl (C=O) groups is 1. The molecule has 2 aromatic heterocycles. The number of nitrogens with zero attached hydrogens (tertiary/aromatic N) is 3. The van der Waals surface area contributed by atoms with Gasteiger partial charge in [0.15, 0.2) is 5.82 Å². The Labute approximate surface area is 224 Å². The van der Waals surface area contributed by atoms with Crippen molar-refractivity contribution >= 4 is 5.91 Å². The molecule has 39 heavy (non-hydrogen) atoms. The Morgan fingerprint density at radius 1 is 1.13 bits per heavy atom. The Balaban J connectivity index is 1.41. The molecule has 11 heteroatoms. The predicted octanol–water partition coefficient (Wildman–Crippen LogP) is 4.02. The molecule has 5 rings (SSSR count). The largest absolute Gasteiger partial charge is 0.424 e. The van der Waals surface area contributed by atoms with Gasteiger partial charge in [-0.05, 0) is 55.8 Å². The van der Waals surface area contributed by atoms with E-state index in [1.807, 2.05) is 18.2 Å². The number of hydrogen-bond donors (Lipinski definition) is 3. The van der Waals surface area contributed by atoms with E-state index in [-0.39, 0.29) is 37.6 Å². The fourth-order valence-corrected chi connectivity index (χ4v) is 4.02. The summed E-state index contributed by atoms with van der Waals surface area (Å²) in [4.78, 5) is 29.3. The van der Waals surface area contributed by atoms with Crippen LogP contribution in [0.25, 0.3) is 22.6 Å². The molecule has 1 aliphatic rings. The van der Waals surface area contributed by atoms with E-state index >= 15 is 0 Å². The van der Waals surface area contributed by atoms with E-state index < -0.39 is 11.7 Å². The number of para-hydroxylation sites is 1. The summed E-state index contributed by atoms with van der Waals surface area (Å²) in [5.41, 5.74) is 1.31. The van der Waals surface area contributed by atoms with Crippen LogP contribution in [0.15, 0.2) is 66.9 Å². The zero-order valence-corrected chi connectivity index (χ0v) is 21.3. The molecule has 3 heterocycles. The van der Waals surface area contributed by atoms with Gasteiger partial charge >= 0.3 is 6.01 Å². The van der Waals surface area contributed by atoms with Gasteiger partial charge in [-0.25, -0.2) is 14.4 Å². The lowest BCUT2D eigenvalue weighted by atomic mass is 9.91. The SMILES string of the molecule is CC1(C(=O)NCCCO)COC(c2nc(-c3ccc(F)cc3)c(-c3ccnc(Oc4ccccc4)n3)[nH]2)OC1. The van der Waals surface area contributed by atoms with Crippen LogP contribution in [0.1, 0.15) is 25.5 Å². The highest BCUT2D eigenvalue weighted by Gasteiger charge is 2.40. The van der Waals surface area contributed by atoms with Crippen molar-refractivity contribution in [3.05, 3.63) is 78.5 Å². The van der Waals surface area contributed by atoms with Crippen LogP contribution in [0.3, 0.4) is 0 Å². The minimum atomic E-state index is -0.891. The number of hydrogen-bond acceptors (Lipinski definition) is 8. The summed E-state index contributed by atoms with van der Waals surface area (Å²) in [5, 5.41) is 11.7. The molecule has 0 bridgehead atoms. The Morgan fingerprint density at radius 2 is 1.87 bits per heavy atom. The van der Waals surface area contributed by atoms with E-state index in [1.165, 1.54) is 12.1 Å². The minimum Gasteiger partial charge on any atom is -0.424 e. The number of aromatic nitrogens is 4. The first-order valence-corrected chi connectivity index (χ1v) is 12.5. The fraction of sp³-hybridized carbons (Fsp3) is 0.286. The maximum absolute atomic E-state index is 13.7. The number of ether oxygens (including phenoxy) is 3. The Hall–Kier alpha value is -4.19. The maximum atomic E-state index is 13.7. The molecule has 1 fully saturated rings. The van der Waals surface area contributed by atoms with Crippen molar-refractivity contribution in [2.45, 2.75) is 19.6 Å². The van der Waals surface area contributed by atoms with Gasteiger partial charge in [-0.1, -0.05) is 18.2 Å². The number of H-pyrrole nitrogens is 1. The van der Waals surface area contributed by atoms with E-state index in [0.717, 1.165) is 0 Å². The molecule has 3 N–H and O–H groups in total. The van der Waals surface area contributed by atoms with Crippen LogP contribution in [-0.4, -0.2) is 57.3 Å². The third kappa shape index (κ3) is 6.11. The summed E-state index contributed by atoms with van der Waals surface area (Å²) in [5.74, 6) is 0.378. The zero-order chi connectivity index (χ0) is 27.2. The molecule has 2 aromatic carbocycles. The van der Waals surface area contributed by atoms with Crippen molar-refractivity contribution in [3.8, 4) is 34.4 Å². The van der Waals surface area contributed by atoms with E-state index in [0.29, 0.717) is 47.2 Å². The normalized spacial score (nSPS) is 19.0. The monoisotopic (exact) mass is 533 g/mol. The summed E-state index contributed by atoms with van der Waals surface area (Å²) in [6.45, 7) is 2.33. The van der Waals surface area contributed by atoms with E-state index in [1.54, 1.807) is 43.5 Å². The zero-order valence-electron chi connectivity index (χ0n) is 21.3. The number of carbonyl (C=O) groups excluding carboxylic acids is 1. The number of rotatable bonds is 9. The molecule has 0 radical (unpaired) electrons. The van der Waals surface area contributed by atoms with Crippen molar-refractivity contribution in [1.82, 2.24) is 25.3 Å². The highest BCUT2D eigenvalue weighted by Crippen LogP contribution is 2.36. The molecule has 0 unspecified atom stereocenters. The van der Waals surface area contributed by atoms with Crippen molar-refractivity contribution in [3.63, 3.8) is 0 Å². The van der Waals surface area contributed by atoms with Gasteiger partial charge in [0, 0.05) is 24.9 Å². The number of aliphatic hydroxyl groups excluding tert-OH is 1. The first-order chi connectivity index (χ1) is 18.9. The highest BCUT2D eigenvalue weighted by atomic mass is 19.1. The fourth-order valence-electron chi connectivity index (χ4n) is 4.02. The molecule has 1 saturated heterocycles. The average molecular weight is 534 g/mol. The number of aliphatic hydroxyl groups is 1. The second-order valence-electron chi connectivity index (χ2n) is 9.34. The summed E-state index contributed by atoms with van der Waals surface area (Å²) < 4.78 is 31.3. The van der Waals surface area contributed by atoms with Gasteiger partial charge in [-0.15, -0.1) is 0 Å². The van der Waals surface area contributed by atoms with Crippen LogP contribution < -0.4 is 10.1 Å². The average Bonchev–Trinajstić information content (AvgIpc) is 3.40. The lowest BCUT2D eigenvalue weighted by Gasteiger charge is -2.35. The highest BCUT2D eigenvalue weighted by molar-refractivity contribution is 5.82. The van der Waals surface area contributed by atoms with E-state index in [4.69, 9.17) is 24.3 Å². The number of aromatic amines is 1. The van der Waals surface area contributed by atoms with Crippen LogP contribution in [0.5, 0.6) is 11.8 Å².